The van der Waals surface area contributed by atoms with E-state index in [0.29, 0.717) is 6.42 Å². The molecule has 2 atom stereocenters. The van der Waals surface area contributed by atoms with Crippen molar-refractivity contribution in [3.05, 3.63) is 28.4 Å². The highest BCUT2D eigenvalue weighted by molar-refractivity contribution is 9.10. The van der Waals surface area contributed by atoms with Crippen molar-refractivity contribution in [2.24, 2.45) is 0 Å². The molecule has 92 valence electrons. The standard InChI is InChI=1S/C12H16BrN3O/c1-3-11(17)14-7(2)12-9-5-4-8(13)6-10(9)15-16-12/h4-7,11,14,17H,3H2,1-2H3,(H,15,16). The van der Waals surface area contributed by atoms with Gasteiger partial charge >= 0.3 is 0 Å². The lowest BCUT2D eigenvalue weighted by Crippen LogP contribution is -2.30. The van der Waals surface area contributed by atoms with E-state index in [1.807, 2.05) is 32.0 Å². The van der Waals surface area contributed by atoms with E-state index in [4.69, 9.17) is 0 Å². The van der Waals surface area contributed by atoms with Gasteiger partial charge in [-0.05, 0) is 31.5 Å². The van der Waals surface area contributed by atoms with Gasteiger partial charge in [0.15, 0.2) is 0 Å². The van der Waals surface area contributed by atoms with Crippen LogP contribution in [0.1, 0.15) is 32.0 Å². The molecule has 2 aromatic rings. The van der Waals surface area contributed by atoms with Crippen molar-refractivity contribution in [3.63, 3.8) is 0 Å². The minimum atomic E-state index is -0.487. The summed E-state index contributed by atoms with van der Waals surface area (Å²) in [4.78, 5) is 0. The number of aliphatic hydroxyl groups is 1. The number of aliphatic hydroxyl groups excluding tert-OH is 1. The normalized spacial score (nSPS) is 15.1. The van der Waals surface area contributed by atoms with Crippen LogP contribution in [0.2, 0.25) is 0 Å². The lowest BCUT2D eigenvalue weighted by molar-refractivity contribution is 0.120. The lowest BCUT2D eigenvalue weighted by atomic mass is 10.1. The molecule has 0 saturated carbocycles. The third-order valence-electron chi connectivity index (χ3n) is 2.81. The van der Waals surface area contributed by atoms with Gasteiger partial charge in [-0.3, -0.25) is 10.4 Å². The highest BCUT2D eigenvalue weighted by atomic mass is 79.9. The molecular formula is C12H16BrN3O. The fourth-order valence-electron chi connectivity index (χ4n) is 1.83. The number of hydrogen-bond donors (Lipinski definition) is 3. The maximum Gasteiger partial charge on any atom is 0.105 e. The van der Waals surface area contributed by atoms with Crippen LogP contribution in [0, 0.1) is 0 Å². The molecule has 0 saturated heterocycles. The third kappa shape index (κ3) is 2.68. The summed E-state index contributed by atoms with van der Waals surface area (Å²) < 4.78 is 1.01. The van der Waals surface area contributed by atoms with Crippen LogP contribution in [-0.4, -0.2) is 21.5 Å². The van der Waals surface area contributed by atoms with E-state index in [9.17, 15) is 5.11 Å². The Labute approximate surface area is 109 Å². The van der Waals surface area contributed by atoms with Gasteiger partial charge in [0.25, 0.3) is 0 Å². The molecule has 4 nitrogen and oxygen atoms in total. The summed E-state index contributed by atoms with van der Waals surface area (Å²) >= 11 is 3.42. The van der Waals surface area contributed by atoms with Crippen molar-refractivity contribution in [1.82, 2.24) is 15.5 Å². The van der Waals surface area contributed by atoms with Gasteiger partial charge in [0.1, 0.15) is 6.23 Å². The zero-order valence-corrected chi connectivity index (χ0v) is 11.5. The maximum atomic E-state index is 9.59. The largest absolute Gasteiger partial charge is 0.379 e. The number of aromatic nitrogens is 2. The fraction of sp³-hybridized carbons (Fsp3) is 0.417. The number of H-pyrrole nitrogens is 1. The zero-order chi connectivity index (χ0) is 12.4. The Morgan fingerprint density at radius 2 is 2.29 bits per heavy atom. The average molecular weight is 298 g/mol. The van der Waals surface area contributed by atoms with Crippen LogP contribution in [0.4, 0.5) is 0 Å². The Balaban J connectivity index is 2.29. The number of aromatic amines is 1. The van der Waals surface area contributed by atoms with Crippen LogP contribution in [0.3, 0.4) is 0 Å². The summed E-state index contributed by atoms with van der Waals surface area (Å²) in [5, 5.41) is 21.1. The smallest absolute Gasteiger partial charge is 0.105 e. The van der Waals surface area contributed by atoms with Gasteiger partial charge in [-0.1, -0.05) is 22.9 Å². The van der Waals surface area contributed by atoms with E-state index in [1.165, 1.54) is 0 Å². The summed E-state index contributed by atoms with van der Waals surface area (Å²) in [6.45, 7) is 3.94. The van der Waals surface area contributed by atoms with E-state index in [2.05, 4.69) is 31.4 Å². The molecule has 0 radical (unpaired) electrons. The van der Waals surface area contributed by atoms with Crippen LogP contribution in [-0.2, 0) is 0 Å². The minimum Gasteiger partial charge on any atom is -0.379 e. The molecule has 1 aromatic carbocycles. The second-order valence-corrected chi connectivity index (χ2v) is 5.03. The monoisotopic (exact) mass is 297 g/mol. The molecule has 2 unspecified atom stereocenters. The number of halogens is 1. The first-order chi connectivity index (χ1) is 8.11. The quantitative estimate of drug-likeness (QED) is 0.761. The van der Waals surface area contributed by atoms with E-state index in [1.54, 1.807) is 0 Å². The number of benzene rings is 1. The van der Waals surface area contributed by atoms with Crippen molar-refractivity contribution in [2.45, 2.75) is 32.5 Å². The van der Waals surface area contributed by atoms with Crippen molar-refractivity contribution in [3.8, 4) is 0 Å². The van der Waals surface area contributed by atoms with Gasteiger partial charge in [-0.15, -0.1) is 0 Å². The van der Waals surface area contributed by atoms with Crippen molar-refractivity contribution in [2.75, 3.05) is 0 Å². The highest BCUT2D eigenvalue weighted by Crippen LogP contribution is 2.24. The summed E-state index contributed by atoms with van der Waals surface area (Å²) in [6, 6.07) is 6.02. The topological polar surface area (TPSA) is 60.9 Å². The molecule has 17 heavy (non-hydrogen) atoms. The molecule has 0 aliphatic carbocycles. The predicted molar refractivity (Wildman–Crippen MR) is 71.6 cm³/mol. The summed E-state index contributed by atoms with van der Waals surface area (Å²) in [7, 11) is 0. The molecule has 0 aliphatic rings. The van der Waals surface area contributed by atoms with E-state index < -0.39 is 6.23 Å². The summed E-state index contributed by atoms with van der Waals surface area (Å²) in [5.41, 5.74) is 1.93. The molecular weight excluding hydrogens is 282 g/mol. The zero-order valence-electron chi connectivity index (χ0n) is 9.87. The molecule has 0 bridgehead atoms. The van der Waals surface area contributed by atoms with Gasteiger partial charge in [0.05, 0.1) is 11.2 Å². The fourth-order valence-corrected chi connectivity index (χ4v) is 2.17. The molecule has 2 rings (SSSR count). The van der Waals surface area contributed by atoms with Gasteiger partial charge in [0.2, 0.25) is 0 Å². The Morgan fingerprint density at radius 1 is 1.53 bits per heavy atom. The van der Waals surface area contributed by atoms with Crippen molar-refractivity contribution in [1.29, 1.82) is 0 Å². The van der Waals surface area contributed by atoms with Crippen LogP contribution in [0.25, 0.3) is 10.9 Å². The molecule has 0 fully saturated rings. The average Bonchev–Trinajstić information content (AvgIpc) is 2.71. The first-order valence-electron chi connectivity index (χ1n) is 5.69. The molecule has 1 heterocycles. The van der Waals surface area contributed by atoms with Gasteiger partial charge in [-0.25, -0.2) is 0 Å². The molecule has 0 spiro atoms. The first-order valence-corrected chi connectivity index (χ1v) is 6.48. The lowest BCUT2D eigenvalue weighted by Gasteiger charge is -2.16. The summed E-state index contributed by atoms with van der Waals surface area (Å²) in [5.74, 6) is 0. The SMILES string of the molecule is CCC(O)NC(C)c1[nH]nc2cc(Br)ccc12. The van der Waals surface area contributed by atoms with Crippen molar-refractivity contribution < 1.29 is 5.11 Å². The van der Waals surface area contributed by atoms with Crippen LogP contribution in [0.5, 0.6) is 0 Å². The Kier molecular flexibility index (Phi) is 3.81. The van der Waals surface area contributed by atoms with Crippen LogP contribution in [0.15, 0.2) is 22.7 Å². The second-order valence-electron chi connectivity index (χ2n) is 4.11. The molecule has 1 aromatic heterocycles. The number of rotatable bonds is 4. The number of fused-ring (bicyclic) bond motifs is 1. The van der Waals surface area contributed by atoms with Gasteiger partial charge < -0.3 is 5.11 Å². The van der Waals surface area contributed by atoms with E-state index in [-0.39, 0.29) is 6.04 Å². The van der Waals surface area contributed by atoms with Gasteiger partial charge in [-0.2, -0.15) is 5.10 Å². The Hall–Kier alpha value is -0.910. The Morgan fingerprint density at radius 3 is 3.00 bits per heavy atom. The second kappa shape index (κ2) is 5.16. The Bertz CT molecular complexity index is 511. The molecule has 0 amide bonds. The summed E-state index contributed by atoms with van der Waals surface area (Å²) in [6.07, 6.45) is 0.195. The third-order valence-corrected chi connectivity index (χ3v) is 3.30. The minimum absolute atomic E-state index is 0.0381. The van der Waals surface area contributed by atoms with Crippen molar-refractivity contribution >= 4 is 26.8 Å². The molecule has 3 N–H and O–H groups in total. The van der Waals surface area contributed by atoms with E-state index >= 15 is 0 Å². The van der Waals surface area contributed by atoms with Crippen LogP contribution < -0.4 is 5.32 Å². The number of hydrogen-bond acceptors (Lipinski definition) is 3. The molecule has 0 aliphatic heterocycles. The molecule has 5 heteroatoms. The van der Waals surface area contributed by atoms with Crippen LogP contribution >= 0.6 is 15.9 Å². The van der Waals surface area contributed by atoms with E-state index in [0.717, 1.165) is 21.1 Å². The number of nitrogens with zero attached hydrogens (tertiary/aromatic N) is 1. The highest BCUT2D eigenvalue weighted by Gasteiger charge is 2.14. The maximum absolute atomic E-state index is 9.59. The first kappa shape index (κ1) is 12.5. The van der Waals surface area contributed by atoms with Gasteiger partial charge in [0, 0.05) is 15.9 Å². The number of nitrogens with one attached hydrogen (secondary N) is 2. The predicted octanol–water partition coefficient (Wildman–Crippen LogP) is 2.70.